The topological polar surface area (TPSA) is 73.5 Å². The van der Waals surface area contributed by atoms with E-state index in [0.29, 0.717) is 19.1 Å². The number of ether oxygens (including phenoxy) is 1. The van der Waals surface area contributed by atoms with Gasteiger partial charge in [0.15, 0.2) is 0 Å². The van der Waals surface area contributed by atoms with Crippen LogP contribution in [0.2, 0.25) is 0 Å². The lowest BCUT2D eigenvalue weighted by atomic mass is 9.96. The quantitative estimate of drug-likeness (QED) is 0.453. The average molecular weight is 504 g/mol. The van der Waals surface area contributed by atoms with Crippen molar-refractivity contribution in [1.82, 2.24) is 20.2 Å². The van der Waals surface area contributed by atoms with Gasteiger partial charge in [-0.15, -0.1) is 0 Å². The molecular weight excluding hydrogens is 462 g/mol. The summed E-state index contributed by atoms with van der Waals surface area (Å²) in [5.74, 6) is 0. The van der Waals surface area contributed by atoms with Crippen LogP contribution in [0, 0.1) is 20.8 Å². The van der Waals surface area contributed by atoms with Gasteiger partial charge in [-0.3, -0.25) is 9.78 Å². The molecule has 7 heteroatoms. The summed E-state index contributed by atoms with van der Waals surface area (Å²) >= 11 is 0. The number of aromatic amines is 1. The third-order valence-corrected chi connectivity index (χ3v) is 7.35. The van der Waals surface area contributed by atoms with Crippen LogP contribution in [0.5, 0.6) is 0 Å². The Morgan fingerprint density at radius 1 is 1.03 bits per heavy atom. The van der Waals surface area contributed by atoms with Crippen LogP contribution in [-0.2, 0) is 24.4 Å². The molecule has 0 amide bonds. The number of H-pyrrole nitrogens is 1. The van der Waals surface area contributed by atoms with Crippen molar-refractivity contribution < 1.29 is 4.74 Å². The maximum atomic E-state index is 12.5. The zero-order valence-electron chi connectivity index (χ0n) is 23.1. The lowest BCUT2D eigenvalue weighted by molar-refractivity contribution is 0.0854. The van der Waals surface area contributed by atoms with Gasteiger partial charge in [-0.25, -0.2) is 0 Å². The zero-order chi connectivity index (χ0) is 26.5. The van der Waals surface area contributed by atoms with E-state index in [-0.39, 0.29) is 5.56 Å². The van der Waals surface area contributed by atoms with Crippen molar-refractivity contribution in [3.63, 3.8) is 0 Å². The standard InChI is InChI=1S/C30H41N5O2/c1-20-13-21(2)33-30(36)28(20)18-31-16-25-14-24(23-7-8-26(32-17-23)19-34(4)5)15-29(22(25)3)35(6)27-9-11-37-12-10-27/h7-8,13-15,17,27,31H,9-12,16,18-19H2,1-6H3,(H,33,36). The number of anilines is 1. The summed E-state index contributed by atoms with van der Waals surface area (Å²) in [6.07, 6.45) is 4.04. The minimum atomic E-state index is -0.0145. The van der Waals surface area contributed by atoms with Gasteiger partial charge in [0.1, 0.15) is 0 Å². The molecule has 2 N–H and O–H groups in total. The Kier molecular flexibility index (Phi) is 8.79. The van der Waals surface area contributed by atoms with Crippen molar-refractivity contribution in [2.45, 2.75) is 59.3 Å². The predicted octanol–water partition coefficient (Wildman–Crippen LogP) is 4.33. The van der Waals surface area contributed by atoms with E-state index >= 15 is 0 Å². The molecule has 0 aliphatic carbocycles. The number of rotatable bonds is 9. The van der Waals surface area contributed by atoms with E-state index in [1.54, 1.807) is 0 Å². The summed E-state index contributed by atoms with van der Waals surface area (Å²) in [6, 6.07) is 11.3. The molecule has 1 fully saturated rings. The molecule has 4 rings (SSSR count). The number of aryl methyl sites for hydroxylation is 2. The van der Waals surface area contributed by atoms with Gasteiger partial charge in [0, 0.05) is 74.6 Å². The van der Waals surface area contributed by atoms with Gasteiger partial charge >= 0.3 is 0 Å². The number of aromatic nitrogens is 2. The first-order valence-electron chi connectivity index (χ1n) is 13.2. The van der Waals surface area contributed by atoms with Crippen LogP contribution >= 0.6 is 0 Å². The number of hydrogen-bond acceptors (Lipinski definition) is 6. The Labute approximate surface area is 220 Å². The highest BCUT2D eigenvalue weighted by atomic mass is 16.5. The van der Waals surface area contributed by atoms with Gasteiger partial charge in [-0.2, -0.15) is 0 Å². The Bertz CT molecular complexity index is 1260. The van der Waals surface area contributed by atoms with Crippen LogP contribution in [0.3, 0.4) is 0 Å². The second kappa shape index (κ2) is 12.0. The third-order valence-electron chi connectivity index (χ3n) is 7.35. The minimum Gasteiger partial charge on any atom is -0.381 e. The molecule has 0 spiro atoms. The van der Waals surface area contributed by atoms with Crippen LogP contribution in [-0.4, -0.2) is 55.3 Å². The molecule has 0 unspecified atom stereocenters. The molecule has 37 heavy (non-hydrogen) atoms. The van der Waals surface area contributed by atoms with Gasteiger partial charge in [0.2, 0.25) is 0 Å². The van der Waals surface area contributed by atoms with Crippen LogP contribution < -0.4 is 15.8 Å². The van der Waals surface area contributed by atoms with E-state index < -0.39 is 0 Å². The molecule has 2 aromatic heterocycles. The normalized spacial score (nSPS) is 14.4. The van der Waals surface area contributed by atoms with E-state index in [1.165, 1.54) is 16.8 Å². The molecule has 198 valence electrons. The molecule has 0 bridgehead atoms. The molecule has 1 saturated heterocycles. The Morgan fingerprint density at radius 2 is 1.78 bits per heavy atom. The minimum absolute atomic E-state index is 0.0145. The summed E-state index contributed by atoms with van der Waals surface area (Å²) in [5, 5.41) is 3.54. The van der Waals surface area contributed by atoms with Crippen molar-refractivity contribution in [2.75, 3.05) is 39.3 Å². The highest BCUT2D eigenvalue weighted by molar-refractivity contribution is 5.72. The second-order valence-electron chi connectivity index (χ2n) is 10.6. The van der Waals surface area contributed by atoms with Gasteiger partial charge in [-0.1, -0.05) is 6.07 Å². The van der Waals surface area contributed by atoms with Crippen molar-refractivity contribution in [3.8, 4) is 11.1 Å². The van der Waals surface area contributed by atoms with E-state index in [1.807, 2.05) is 26.1 Å². The van der Waals surface area contributed by atoms with Gasteiger partial charge < -0.3 is 24.8 Å². The van der Waals surface area contributed by atoms with Crippen LogP contribution in [0.15, 0.2) is 41.3 Å². The summed E-state index contributed by atoms with van der Waals surface area (Å²) in [4.78, 5) is 24.7. The molecule has 1 aliphatic heterocycles. The van der Waals surface area contributed by atoms with E-state index in [9.17, 15) is 4.79 Å². The smallest absolute Gasteiger partial charge is 0.252 e. The number of nitrogens with one attached hydrogen (secondary N) is 2. The predicted molar refractivity (Wildman–Crippen MR) is 151 cm³/mol. The largest absolute Gasteiger partial charge is 0.381 e. The van der Waals surface area contributed by atoms with Gasteiger partial charge in [0.05, 0.1) is 5.69 Å². The first-order chi connectivity index (χ1) is 17.7. The van der Waals surface area contributed by atoms with Crippen molar-refractivity contribution >= 4 is 5.69 Å². The maximum Gasteiger partial charge on any atom is 0.252 e. The van der Waals surface area contributed by atoms with Crippen LogP contribution in [0.1, 0.15) is 46.5 Å². The van der Waals surface area contributed by atoms with E-state index in [2.05, 4.69) is 72.4 Å². The number of hydrogen-bond donors (Lipinski definition) is 2. The average Bonchev–Trinajstić information content (AvgIpc) is 2.86. The second-order valence-corrected chi connectivity index (χ2v) is 10.6. The van der Waals surface area contributed by atoms with Crippen molar-refractivity contribution in [2.24, 2.45) is 0 Å². The molecule has 0 radical (unpaired) electrons. The zero-order valence-corrected chi connectivity index (χ0v) is 23.1. The molecule has 7 nitrogen and oxygen atoms in total. The Hall–Kier alpha value is -3.00. The number of nitrogens with zero attached hydrogens (tertiary/aromatic N) is 3. The van der Waals surface area contributed by atoms with Crippen LogP contribution in [0.4, 0.5) is 5.69 Å². The summed E-state index contributed by atoms with van der Waals surface area (Å²) in [6.45, 7) is 9.75. The fourth-order valence-electron chi connectivity index (χ4n) is 5.18. The molecule has 1 aliphatic rings. The summed E-state index contributed by atoms with van der Waals surface area (Å²) in [5.41, 5.74) is 9.73. The molecular formula is C30H41N5O2. The monoisotopic (exact) mass is 503 g/mol. The fraction of sp³-hybridized carbons (Fsp3) is 0.467. The van der Waals surface area contributed by atoms with Gasteiger partial charge in [-0.05, 0) is 94.2 Å². The first kappa shape index (κ1) is 27.0. The SMILES string of the molecule is Cc1cc(C)c(CNCc2cc(-c3ccc(CN(C)C)nc3)cc(N(C)C3CCOCC3)c2C)c(=O)[nH]1. The summed E-state index contributed by atoms with van der Waals surface area (Å²) in [7, 11) is 6.31. The Balaban J connectivity index is 1.63. The summed E-state index contributed by atoms with van der Waals surface area (Å²) < 4.78 is 5.62. The fourth-order valence-corrected chi connectivity index (χ4v) is 5.18. The molecule has 0 saturated carbocycles. The maximum absolute atomic E-state index is 12.5. The Morgan fingerprint density at radius 3 is 2.43 bits per heavy atom. The third kappa shape index (κ3) is 6.66. The molecule has 0 atom stereocenters. The molecule has 1 aromatic carbocycles. The van der Waals surface area contributed by atoms with Gasteiger partial charge in [0.25, 0.3) is 5.56 Å². The lowest BCUT2D eigenvalue weighted by Crippen LogP contribution is -2.37. The number of benzene rings is 1. The first-order valence-corrected chi connectivity index (χ1v) is 13.2. The lowest BCUT2D eigenvalue weighted by Gasteiger charge is -2.34. The van der Waals surface area contributed by atoms with Crippen molar-refractivity contribution in [1.29, 1.82) is 0 Å². The van der Waals surface area contributed by atoms with E-state index in [0.717, 1.165) is 66.2 Å². The van der Waals surface area contributed by atoms with E-state index in [4.69, 9.17) is 9.72 Å². The molecule has 3 heterocycles. The highest BCUT2D eigenvalue weighted by Gasteiger charge is 2.22. The van der Waals surface area contributed by atoms with Crippen molar-refractivity contribution in [3.05, 3.63) is 80.5 Å². The highest BCUT2D eigenvalue weighted by Crippen LogP contribution is 2.33. The van der Waals surface area contributed by atoms with Crippen LogP contribution in [0.25, 0.3) is 11.1 Å². The number of pyridine rings is 2. The molecule has 3 aromatic rings.